The third-order valence-corrected chi connectivity index (χ3v) is 4.41. The van der Waals surface area contributed by atoms with Crippen LogP contribution in [0.15, 0.2) is 54.9 Å². The molecule has 1 amide bonds. The van der Waals surface area contributed by atoms with Crippen molar-refractivity contribution >= 4 is 22.5 Å². The quantitative estimate of drug-likeness (QED) is 0.581. The lowest BCUT2D eigenvalue weighted by atomic mass is 10.1. The van der Waals surface area contributed by atoms with Gasteiger partial charge in [-0.2, -0.15) is 5.10 Å². The van der Waals surface area contributed by atoms with Crippen molar-refractivity contribution in [3.8, 4) is 0 Å². The van der Waals surface area contributed by atoms with Crippen LogP contribution < -0.4 is 5.32 Å². The van der Waals surface area contributed by atoms with Crippen LogP contribution in [0.2, 0.25) is 0 Å². The van der Waals surface area contributed by atoms with E-state index in [0.29, 0.717) is 0 Å². The number of nitrogens with zero attached hydrogens (tertiary/aromatic N) is 5. The monoisotopic (exact) mass is 348 g/mol. The van der Waals surface area contributed by atoms with Crippen molar-refractivity contribution in [3.05, 3.63) is 60.7 Å². The minimum absolute atomic E-state index is 0.0926. The number of hydrogen-bond donors (Lipinski definition) is 1. The van der Waals surface area contributed by atoms with Crippen LogP contribution in [-0.4, -0.2) is 30.3 Å². The summed E-state index contributed by atoms with van der Waals surface area (Å²) < 4.78 is 3.64. The number of para-hydroxylation sites is 1. The molecule has 0 spiro atoms. The molecule has 0 aliphatic rings. The lowest BCUT2D eigenvalue weighted by molar-refractivity contribution is -0.122. The van der Waals surface area contributed by atoms with Crippen LogP contribution in [0.5, 0.6) is 0 Å². The van der Waals surface area contributed by atoms with Crippen LogP contribution >= 0.6 is 0 Å². The van der Waals surface area contributed by atoms with Crippen molar-refractivity contribution < 1.29 is 4.79 Å². The highest BCUT2D eigenvalue weighted by molar-refractivity contribution is 5.82. The lowest BCUT2D eigenvalue weighted by Crippen LogP contribution is -2.32. The van der Waals surface area contributed by atoms with Gasteiger partial charge >= 0.3 is 0 Å². The summed E-state index contributed by atoms with van der Waals surface area (Å²) in [6, 6.07) is 13.4. The Morgan fingerprint density at radius 3 is 2.88 bits per heavy atom. The largest absolute Gasteiger partial charge is 0.344 e. The zero-order valence-electron chi connectivity index (χ0n) is 14.5. The summed E-state index contributed by atoms with van der Waals surface area (Å²) in [6.07, 6.45) is 5.41. The van der Waals surface area contributed by atoms with E-state index in [1.807, 2.05) is 53.1 Å². The number of benzene rings is 1. The van der Waals surface area contributed by atoms with Gasteiger partial charge in [-0.3, -0.25) is 13.9 Å². The first-order chi connectivity index (χ1) is 12.8. The summed E-state index contributed by atoms with van der Waals surface area (Å²) in [4.78, 5) is 12.6. The fourth-order valence-electron chi connectivity index (χ4n) is 3.18. The van der Waals surface area contributed by atoms with E-state index in [1.165, 1.54) is 0 Å². The fraction of sp³-hybridized carbons (Fsp3) is 0.263. The van der Waals surface area contributed by atoms with E-state index in [0.717, 1.165) is 35.2 Å². The number of fused-ring (bicyclic) bond motifs is 2. The third-order valence-electron chi connectivity index (χ3n) is 4.41. The minimum Gasteiger partial charge on any atom is -0.344 e. The maximum absolute atomic E-state index is 12.6. The molecular formula is C19H20N6O. The first kappa shape index (κ1) is 16.3. The van der Waals surface area contributed by atoms with Crippen molar-refractivity contribution in [2.24, 2.45) is 0 Å². The van der Waals surface area contributed by atoms with Gasteiger partial charge in [-0.1, -0.05) is 37.6 Å². The lowest BCUT2D eigenvalue weighted by Gasteiger charge is -2.17. The smallest absolute Gasteiger partial charge is 0.242 e. The first-order valence-corrected chi connectivity index (χ1v) is 8.76. The van der Waals surface area contributed by atoms with Crippen molar-refractivity contribution in [3.63, 3.8) is 0 Å². The topological polar surface area (TPSA) is 77.1 Å². The molecule has 0 saturated carbocycles. The van der Waals surface area contributed by atoms with E-state index in [2.05, 4.69) is 27.5 Å². The second-order valence-corrected chi connectivity index (χ2v) is 6.26. The van der Waals surface area contributed by atoms with Gasteiger partial charge in [-0.25, -0.2) is 0 Å². The number of amides is 1. The number of carbonyl (C=O) groups is 1. The third kappa shape index (κ3) is 3.03. The Morgan fingerprint density at radius 1 is 1.15 bits per heavy atom. The molecule has 1 unspecified atom stereocenters. The summed E-state index contributed by atoms with van der Waals surface area (Å²) >= 11 is 0. The summed E-state index contributed by atoms with van der Waals surface area (Å²) in [5, 5.41) is 16.9. The molecule has 4 rings (SSSR count). The van der Waals surface area contributed by atoms with Gasteiger partial charge in [0.05, 0.1) is 17.8 Å². The molecule has 26 heavy (non-hydrogen) atoms. The van der Waals surface area contributed by atoms with E-state index >= 15 is 0 Å². The molecule has 1 aromatic carbocycles. The van der Waals surface area contributed by atoms with E-state index in [4.69, 9.17) is 0 Å². The number of pyridine rings is 1. The van der Waals surface area contributed by atoms with Crippen LogP contribution in [-0.2, 0) is 11.3 Å². The van der Waals surface area contributed by atoms with Gasteiger partial charge in [0.25, 0.3) is 0 Å². The standard InChI is InChI=1S/C19H20N6O/c1-2-7-15(19-23-22-17-10-5-6-11-24(17)19)21-18(26)13-25-16-9-4-3-8-14(16)12-20-25/h3-6,8-12,15H,2,7,13H2,1H3,(H,21,26). The Morgan fingerprint density at radius 2 is 2.00 bits per heavy atom. The summed E-state index contributed by atoms with van der Waals surface area (Å²) in [7, 11) is 0. The van der Waals surface area contributed by atoms with Gasteiger partial charge in [-0.15, -0.1) is 10.2 Å². The zero-order valence-corrected chi connectivity index (χ0v) is 14.5. The number of rotatable bonds is 6. The molecule has 0 fully saturated rings. The molecule has 0 aliphatic heterocycles. The Hall–Kier alpha value is -3.22. The number of hydrogen-bond acceptors (Lipinski definition) is 4. The normalized spacial score (nSPS) is 12.5. The second-order valence-electron chi connectivity index (χ2n) is 6.26. The number of nitrogens with one attached hydrogen (secondary N) is 1. The predicted octanol–water partition coefficient (Wildman–Crippen LogP) is 2.74. The molecule has 3 heterocycles. The van der Waals surface area contributed by atoms with Crippen LogP contribution in [0.4, 0.5) is 0 Å². The SMILES string of the molecule is CCCC(NC(=O)Cn1ncc2ccccc21)c1nnc2ccccn12. The van der Waals surface area contributed by atoms with Crippen LogP contribution in [0.3, 0.4) is 0 Å². The van der Waals surface area contributed by atoms with Gasteiger partial charge < -0.3 is 5.32 Å². The van der Waals surface area contributed by atoms with Gasteiger partial charge in [0, 0.05) is 11.6 Å². The van der Waals surface area contributed by atoms with Crippen molar-refractivity contribution in [2.75, 3.05) is 0 Å². The average Bonchev–Trinajstić information content (AvgIpc) is 3.26. The Bertz CT molecular complexity index is 1050. The van der Waals surface area contributed by atoms with E-state index in [1.54, 1.807) is 10.9 Å². The minimum atomic E-state index is -0.188. The molecule has 0 saturated heterocycles. The van der Waals surface area contributed by atoms with E-state index in [9.17, 15) is 4.79 Å². The zero-order chi connectivity index (χ0) is 17.9. The Labute approximate surface area is 150 Å². The summed E-state index contributed by atoms with van der Waals surface area (Å²) in [6.45, 7) is 2.26. The molecule has 7 heteroatoms. The van der Waals surface area contributed by atoms with Gasteiger partial charge in [0.15, 0.2) is 11.5 Å². The molecule has 3 aromatic heterocycles. The molecule has 1 atom stereocenters. The molecule has 0 radical (unpaired) electrons. The van der Waals surface area contributed by atoms with Crippen molar-refractivity contribution in [2.45, 2.75) is 32.4 Å². The summed E-state index contributed by atoms with van der Waals surface area (Å²) in [5.74, 6) is 0.658. The predicted molar refractivity (Wildman–Crippen MR) is 98.5 cm³/mol. The van der Waals surface area contributed by atoms with Crippen LogP contribution in [0.1, 0.15) is 31.6 Å². The molecule has 4 aromatic rings. The van der Waals surface area contributed by atoms with Gasteiger partial charge in [0.1, 0.15) is 6.54 Å². The maximum Gasteiger partial charge on any atom is 0.242 e. The fourth-order valence-corrected chi connectivity index (χ4v) is 3.18. The van der Waals surface area contributed by atoms with E-state index < -0.39 is 0 Å². The molecule has 1 N–H and O–H groups in total. The maximum atomic E-state index is 12.6. The number of aromatic nitrogens is 5. The molecular weight excluding hydrogens is 328 g/mol. The van der Waals surface area contributed by atoms with Gasteiger partial charge in [0.2, 0.25) is 5.91 Å². The summed E-state index contributed by atoms with van der Waals surface area (Å²) in [5.41, 5.74) is 1.72. The number of carbonyl (C=O) groups excluding carboxylic acids is 1. The highest BCUT2D eigenvalue weighted by Crippen LogP contribution is 2.18. The first-order valence-electron chi connectivity index (χ1n) is 8.76. The molecule has 132 valence electrons. The van der Waals surface area contributed by atoms with Crippen molar-refractivity contribution in [1.29, 1.82) is 0 Å². The Kier molecular flexibility index (Phi) is 4.35. The van der Waals surface area contributed by atoms with Crippen molar-refractivity contribution in [1.82, 2.24) is 29.7 Å². The van der Waals surface area contributed by atoms with Crippen LogP contribution in [0, 0.1) is 0 Å². The highest BCUT2D eigenvalue weighted by Gasteiger charge is 2.20. The Balaban J connectivity index is 1.55. The molecule has 0 bridgehead atoms. The van der Waals surface area contributed by atoms with Gasteiger partial charge in [-0.05, 0) is 24.6 Å². The average molecular weight is 348 g/mol. The van der Waals surface area contributed by atoms with E-state index in [-0.39, 0.29) is 18.5 Å². The van der Waals surface area contributed by atoms with Crippen LogP contribution in [0.25, 0.3) is 16.6 Å². The molecule has 0 aliphatic carbocycles. The highest BCUT2D eigenvalue weighted by atomic mass is 16.2. The second kappa shape index (κ2) is 6.95. The molecule has 7 nitrogen and oxygen atoms in total.